The first-order chi connectivity index (χ1) is 17.3. The van der Waals surface area contributed by atoms with Gasteiger partial charge in [-0.15, -0.1) is 0 Å². The van der Waals surface area contributed by atoms with Gasteiger partial charge in [-0.25, -0.2) is 14.4 Å². The van der Waals surface area contributed by atoms with E-state index in [0.717, 1.165) is 57.6 Å². The molecule has 200 valence electrons. The number of likely N-dealkylation sites (tertiary alicyclic amines) is 1. The maximum Gasteiger partial charge on any atom is 0.328 e. The number of nitrogens with zero attached hydrogens (tertiary/aromatic N) is 2. The van der Waals surface area contributed by atoms with E-state index in [4.69, 9.17) is 19.7 Å². The van der Waals surface area contributed by atoms with Crippen LogP contribution in [0, 0.1) is 0 Å². The summed E-state index contributed by atoms with van der Waals surface area (Å²) in [6.45, 7) is 5.04. The highest BCUT2D eigenvalue weighted by molar-refractivity contribution is 5.89. The molecule has 2 aliphatic rings. The van der Waals surface area contributed by atoms with Gasteiger partial charge in [-0.05, 0) is 43.4 Å². The zero-order valence-electron chi connectivity index (χ0n) is 20.7. The van der Waals surface area contributed by atoms with E-state index in [9.17, 15) is 19.5 Å². The van der Waals surface area contributed by atoms with Crippen LogP contribution in [0.5, 0.6) is 5.75 Å². The summed E-state index contributed by atoms with van der Waals surface area (Å²) in [5.41, 5.74) is 1.21. The van der Waals surface area contributed by atoms with E-state index in [1.165, 1.54) is 5.56 Å². The van der Waals surface area contributed by atoms with Crippen LogP contribution < -0.4 is 10.1 Å². The number of carboxylic acids is 2. The molecule has 0 spiro atoms. The highest BCUT2D eigenvalue weighted by atomic mass is 16.5. The molecule has 0 bridgehead atoms. The fraction of sp³-hybridized carbons (Fsp3) is 0.560. The first kappa shape index (κ1) is 29.1. The number of aliphatic hydroxyl groups is 1. The number of carbonyl (C=O) groups excluding carboxylic acids is 1. The molecule has 0 aliphatic carbocycles. The predicted molar refractivity (Wildman–Crippen MR) is 132 cm³/mol. The summed E-state index contributed by atoms with van der Waals surface area (Å²) in [7, 11) is 1.70. The van der Waals surface area contributed by atoms with Crippen LogP contribution in [-0.2, 0) is 20.7 Å². The monoisotopic (exact) mass is 507 g/mol. The topological polar surface area (TPSA) is 149 Å². The number of nitrogens with one attached hydrogen (secondary N) is 1. The minimum atomic E-state index is -1.26. The summed E-state index contributed by atoms with van der Waals surface area (Å²) in [6.07, 6.45) is 4.42. The van der Waals surface area contributed by atoms with E-state index < -0.39 is 18.0 Å². The van der Waals surface area contributed by atoms with Gasteiger partial charge in [0.1, 0.15) is 18.5 Å². The maximum absolute atomic E-state index is 12.0. The third kappa shape index (κ3) is 11.1. The molecule has 2 heterocycles. The van der Waals surface area contributed by atoms with Crippen molar-refractivity contribution in [3.63, 3.8) is 0 Å². The first-order valence-corrected chi connectivity index (χ1v) is 12.1. The molecule has 1 atom stereocenters. The number of rotatable bonds is 11. The van der Waals surface area contributed by atoms with Crippen molar-refractivity contribution in [3.05, 3.63) is 42.0 Å². The summed E-state index contributed by atoms with van der Waals surface area (Å²) < 4.78 is 10.8. The minimum absolute atomic E-state index is 0.0753. The lowest BCUT2D eigenvalue weighted by Gasteiger charge is -2.40. The second-order valence-corrected chi connectivity index (χ2v) is 8.67. The highest BCUT2D eigenvalue weighted by Crippen LogP contribution is 2.19. The molecule has 0 aromatic heterocycles. The van der Waals surface area contributed by atoms with Crippen molar-refractivity contribution in [2.45, 2.75) is 37.8 Å². The molecule has 2 saturated heterocycles. The van der Waals surface area contributed by atoms with Crippen LogP contribution in [0.4, 0.5) is 4.79 Å². The highest BCUT2D eigenvalue weighted by Gasteiger charge is 2.29. The number of piperidine rings is 1. The molecule has 1 aromatic carbocycles. The SMILES string of the molecule is COCCc1ccc(OCC(O)CN2CCC(N3CCCNC3=O)CC2)cc1.O=C(O)/C=C/C(=O)O. The molecule has 4 N–H and O–H groups in total. The van der Waals surface area contributed by atoms with Gasteiger partial charge in [0.25, 0.3) is 0 Å². The van der Waals surface area contributed by atoms with Crippen LogP contribution in [0.15, 0.2) is 36.4 Å². The average Bonchev–Trinajstić information content (AvgIpc) is 2.87. The van der Waals surface area contributed by atoms with E-state index in [0.29, 0.717) is 31.3 Å². The number of hydrogen-bond acceptors (Lipinski definition) is 7. The van der Waals surface area contributed by atoms with E-state index in [1.807, 2.05) is 29.2 Å². The lowest BCUT2D eigenvalue weighted by atomic mass is 10.0. The van der Waals surface area contributed by atoms with E-state index in [-0.39, 0.29) is 12.6 Å². The standard InChI is InChI=1S/C21H33N3O4.C4H4O4/c1-27-14-9-17-3-5-20(6-4-17)28-16-19(25)15-23-12-7-18(8-13-23)24-11-2-10-22-21(24)26;5-3(6)1-2-4(7)8/h3-6,18-19,25H,2,7-16H2,1H3,(H,22,26);1-2H,(H,5,6)(H,7,8)/b;2-1+. The number of urea groups is 1. The number of aliphatic hydroxyl groups excluding tert-OH is 1. The third-order valence-electron chi connectivity index (χ3n) is 5.91. The molecular weight excluding hydrogens is 470 g/mol. The Bertz CT molecular complexity index is 837. The lowest BCUT2D eigenvalue weighted by molar-refractivity contribution is -0.134. The van der Waals surface area contributed by atoms with Crippen LogP contribution in [0.1, 0.15) is 24.8 Å². The van der Waals surface area contributed by atoms with Crippen LogP contribution in [-0.4, -0.2) is 108 Å². The quantitative estimate of drug-likeness (QED) is 0.324. The largest absolute Gasteiger partial charge is 0.491 e. The van der Waals surface area contributed by atoms with Gasteiger partial charge >= 0.3 is 18.0 Å². The molecular formula is C25H37N3O8. The predicted octanol–water partition coefficient (Wildman–Crippen LogP) is 1.21. The number of β-amino-alcohol motifs (C(OH)–C–C–N with tert-alkyl or cyclic N) is 1. The summed E-state index contributed by atoms with van der Waals surface area (Å²) in [5, 5.41) is 28.9. The second kappa shape index (κ2) is 15.8. The Morgan fingerprint density at radius 1 is 1.11 bits per heavy atom. The molecule has 11 heteroatoms. The van der Waals surface area contributed by atoms with Crippen molar-refractivity contribution in [1.82, 2.24) is 15.1 Å². The van der Waals surface area contributed by atoms with Gasteiger partial charge in [0.2, 0.25) is 0 Å². The van der Waals surface area contributed by atoms with Crippen LogP contribution >= 0.6 is 0 Å². The molecule has 3 rings (SSSR count). The van der Waals surface area contributed by atoms with Crippen molar-refractivity contribution in [2.75, 3.05) is 53.0 Å². The lowest BCUT2D eigenvalue weighted by Crippen LogP contribution is -2.54. The number of benzene rings is 1. The van der Waals surface area contributed by atoms with Crippen LogP contribution in [0.25, 0.3) is 0 Å². The molecule has 2 amide bonds. The second-order valence-electron chi connectivity index (χ2n) is 8.67. The number of methoxy groups -OCH3 is 1. The molecule has 11 nitrogen and oxygen atoms in total. The Morgan fingerprint density at radius 2 is 1.75 bits per heavy atom. The first-order valence-electron chi connectivity index (χ1n) is 12.1. The number of carboxylic acid groups (broad SMARTS) is 2. The Labute approximate surface area is 211 Å². The maximum atomic E-state index is 12.0. The summed E-state index contributed by atoms with van der Waals surface area (Å²) in [6, 6.07) is 8.33. The molecule has 36 heavy (non-hydrogen) atoms. The van der Waals surface area contributed by atoms with Gasteiger partial charge in [-0.2, -0.15) is 0 Å². The molecule has 1 unspecified atom stereocenters. The fourth-order valence-corrected chi connectivity index (χ4v) is 4.07. The number of amides is 2. The van der Waals surface area contributed by atoms with Crippen molar-refractivity contribution in [2.24, 2.45) is 0 Å². The van der Waals surface area contributed by atoms with Gasteiger partial charge < -0.3 is 39.9 Å². The van der Waals surface area contributed by atoms with Crippen LogP contribution in [0.3, 0.4) is 0 Å². The van der Waals surface area contributed by atoms with Crippen molar-refractivity contribution in [1.29, 1.82) is 0 Å². The molecule has 2 aliphatic heterocycles. The van der Waals surface area contributed by atoms with Crippen molar-refractivity contribution >= 4 is 18.0 Å². The summed E-state index contributed by atoms with van der Waals surface area (Å²) in [4.78, 5) is 35.3. The van der Waals surface area contributed by atoms with E-state index in [1.54, 1.807) is 7.11 Å². The number of aliphatic carboxylic acids is 2. The summed E-state index contributed by atoms with van der Waals surface area (Å²) in [5.74, 6) is -1.74. The zero-order chi connectivity index (χ0) is 26.3. The fourth-order valence-electron chi connectivity index (χ4n) is 4.07. The van der Waals surface area contributed by atoms with E-state index in [2.05, 4.69) is 10.2 Å². The van der Waals surface area contributed by atoms with Crippen molar-refractivity contribution < 1.29 is 39.2 Å². The molecule has 0 radical (unpaired) electrons. The van der Waals surface area contributed by atoms with Gasteiger partial charge in [0.15, 0.2) is 0 Å². The molecule has 2 fully saturated rings. The van der Waals surface area contributed by atoms with Gasteiger partial charge in [-0.1, -0.05) is 12.1 Å². The number of ether oxygens (including phenoxy) is 2. The van der Waals surface area contributed by atoms with Gasteiger partial charge in [-0.3, -0.25) is 0 Å². The van der Waals surface area contributed by atoms with Crippen molar-refractivity contribution in [3.8, 4) is 5.75 Å². The Balaban J connectivity index is 0.000000493. The average molecular weight is 508 g/mol. The Morgan fingerprint density at radius 3 is 2.31 bits per heavy atom. The normalized spacial score (nSPS) is 17.7. The smallest absolute Gasteiger partial charge is 0.328 e. The zero-order valence-corrected chi connectivity index (χ0v) is 20.7. The molecule has 1 aromatic rings. The van der Waals surface area contributed by atoms with E-state index >= 15 is 0 Å². The van der Waals surface area contributed by atoms with Crippen LogP contribution in [0.2, 0.25) is 0 Å². The number of hydrogen-bond donors (Lipinski definition) is 4. The molecule has 0 saturated carbocycles. The third-order valence-corrected chi connectivity index (χ3v) is 5.91. The minimum Gasteiger partial charge on any atom is -0.491 e. The summed E-state index contributed by atoms with van der Waals surface area (Å²) >= 11 is 0. The van der Waals surface area contributed by atoms with Gasteiger partial charge in [0, 0.05) is 58.0 Å². The van der Waals surface area contributed by atoms with Gasteiger partial charge in [0.05, 0.1) is 6.61 Å². The Kier molecular flexibility index (Phi) is 12.7. The number of carbonyl (C=O) groups is 3. The Hall–Kier alpha value is -3.15.